The van der Waals surface area contributed by atoms with E-state index >= 15 is 0 Å². The van der Waals surface area contributed by atoms with Crippen molar-refractivity contribution in [3.05, 3.63) is 83.8 Å². The minimum Gasteiger partial charge on any atom is -0.467 e. The number of aryl methyl sites for hydroxylation is 1. The van der Waals surface area contributed by atoms with Gasteiger partial charge in [0.1, 0.15) is 23.9 Å². The molecule has 9 nitrogen and oxygen atoms in total. The fraction of sp³-hybridized carbons (Fsp3) is 0.333. The van der Waals surface area contributed by atoms with Gasteiger partial charge >= 0.3 is 0 Å². The minimum atomic E-state index is -0.861. The summed E-state index contributed by atoms with van der Waals surface area (Å²) in [5.74, 6) is 0.0445. The maximum Gasteiger partial charge on any atom is 0.247 e. The standard InChI is InChI=1S/C27H29N5O4/c1-19-8-2-3-11-22(19)26(27(34)28-16-20-9-6-14-35-20)31(17-21-10-7-15-36-21)25(33)18-32-24-13-5-4-12-23(24)29-30-32/h2-5,7-8,10-13,15,20,26H,6,9,14,16-18H2,1H3,(H,28,34)/t20-,26-/m1/s1. The van der Waals surface area contributed by atoms with Gasteiger partial charge in [0.2, 0.25) is 11.8 Å². The summed E-state index contributed by atoms with van der Waals surface area (Å²) in [6, 6.07) is 17.8. The number of para-hydroxylation sites is 1. The van der Waals surface area contributed by atoms with Gasteiger partial charge in [0.15, 0.2) is 0 Å². The third-order valence-corrected chi connectivity index (χ3v) is 6.50. The number of aromatic nitrogens is 3. The molecule has 0 aliphatic carbocycles. The van der Waals surface area contributed by atoms with E-state index in [9.17, 15) is 9.59 Å². The van der Waals surface area contributed by atoms with Crippen molar-refractivity contribution in [3.8, 4) is 0 Å². The highest BCUT2D eigenvalue weighted by Crippen LogP contribution is 2.27. The summed E-state index contributed by atoms with van der Waals surface area (Å²) in [7, 11) is 0. The summed E-state index contributed by atoms with van der Waals surface area (Å²) in [5.41, 5.74) is 3.12. The second-order valence-electron chi connectivity index (χ2n) is 8.98. The Labute approximate surface area is 209 Å². The number of hydrogen-bond donors (Lipinski definition) is 1. The Hall–Kier alpha value is -3.98. The van der Waals surface area contributed by atoms with Crippen LogP contribution in [-0.2, 0) is 27.4 Å². The summed E-state index contributed by atoms with van der Waals surface area (Å²) in [6.07, 6.45) is 3.44. The van der Waals surface area contributed by atoms with Crippen LogP contribution in [0.1, 0.15) is 35.8 Å². The quantitative estimate of drug-likeness (QED) is 0.388. The Morgan fingerprint density at radius 2 is 1.97 bits per heavy atom. The molecule has 0 bridgehead atoms. The molecule has 0 radical (unpaired) electrons. The van der Waals surface area contributed by atoms with Crippen molar-refractivity contribution in [1.29, 1.82) is 0 Å². The molecule has 1 aliphatic heterocycles. The Balaban J connectivity index is 1.48. The van der Waals surface area contributed by atoms with Gasteiger partial charge in [0.05, 0.1) is 24.4 Å². The zero-order chi connectivity index (χ0) is 24.9. The van der Waals surface area contributed by atoms with Gasteiger partial charge in [-0.25, -0.2) is 4.68 Å². The molecule has 1 aliphatic rings. The number of benzene rings is 2. The van der Waals surface area contributed by atoms with E-state index in [4.69, 9.17) is 9.15 Å². The van der Waals surface area contributed by atoms with Crippen LogP contribution in [0.2, 0.25) is 0 Å². The lowest BCUT2D eigenvalue weighted by Gasteiger charge is -2.32. The first-order valence-electron chi connectivity index (χ1n) is 12.1. The smallest absolute Gasteiger partial charge is 0.247 e. The third kappa shape index (κ3) is 5.16. The van der Waals surface area contributed by atoms with Gasteiger partial charge < -0.3 is 19.4 Å². The van der Waals surface area contributed by atoms with E-state index in [1.807, 2.05) is 55.5 Å². The molecule has 9 heteroatoms. The van der Waals surface area contributed by atoms with Crippen LogP contribution in [0.15, 0.2) is 71.3 Å². The van der Waals surface area contributed by atoms with E-state index in [1.54, 1.807) is 28.0 Å². The molecule has 2 aromatic carbocycles. The van der Waals surface area contributed by atoms with Gasteiger partial charge in [-0.05, 0) is 55.2 Å². The normalized spacial score (nSPS) is 16.2. The topological polar surface area (TPSA) is 102 Å². The predicted octanol–water partition coefficient (Wildman–Crippen LogP) is 3.40. The van der Waals surface area contributed by atoms with Gasteiger partial charge in [0.25, 0.3) is 0 Å². The molecule has 0 spiro atoms. The van der Waals surface area contributed by atoms with Crippen molar-refractivity contribution in [2.75, 3.05) is 13.2 Å². The molecule has 186 valence electrons. The highest BCUT2D eigenvalue weighted by Gasteiger charge is 2.34. The van der Waals surface area contributed by atoms with E-state index in [0.29, 0.717) is 24.4 Å². The number of ether oxygens (including phenoxy) is 1. The molecule has 4 aromatic rings. The van der Waals surface area contributed by atoms with Crippen LogP contribution in [0.25, 0.3) is 11.0 Å². The number of nitrogens with one attached hydrogen (secondary N) is 1. The maximum atomic E-state index is 13.9. The van der Waals surface area contributed by atoms with Crippen molar-refractivity contribution in [3.63, 3.8) is 0 Å². The maximum absolute atomic E-state index is 13.9. The molecule has 1 saturated heterocycles. The third-order valence-electron chi connectivity index (χ3n) is 6.50. The molecule has 1 fully saturated rings. The van der Waals surface area contributed by atoms with Crippen molar-refractivity contribution >= 4 is 22.8 Å². The molecule has 1 N–H and O–H groups in total. The highest BCUT2D eigenvalue weighted by atomic mass is 16.5. The minimum absolute atomic E-state index is 0.0118. The number of nitrogens with zero attached hydrogens (tertiary/aromatic N) is 4. The van der Waals surface area contributed by atoms with Crippen molar-refractivity contribution in [1.82, 2.24) is 25.2 Å². The Morgan fingerprint density at radius 3 is 2.75 bits per heavy atom. The van der Waals surface area contributed by atoms with Crippen LogP contribution < -0.4 is 5.32 Å². The summed E-state index contributed by atoms with van der Waals surface area (Å²) in [4.78, 5) is 29.1. The molecule has 3 heterocycles. The lowest BCUT2D eigenvalue weighted by molar-refractivity contribution is -0.142. The van der Waals surface area contributed by atoms with E-state index in [0.717, 1.165) is 29.5 Å². The van der Waals surface area contributed by atoms with E-state index in [2.05, 4.69) is 15.6 Å². The first kappa shape index (κ1) is 23.7. The molecule has 2 aromatic heterocycles. The molecular weight excluding hydrogens is 458 g/mol. The molecular formula is C27H29N5O4. The van der Waals surface area contributed by atoms with Crippen LogP contribution in [-0.4, -0.2) is 51.0 Å². The molecule has 2 amide bonds. The number of hydrogen-bond acceptors (Lipinski definition) is 6. The largest absolute Gasteiger partial charge is 0.467 e. The monoisotopic (exact) mass is 487 g/mol. The molecule has 36 heavy (non-hydrogen) atoms. The highest BCUT2D eigenvalue weighted by molar-refractivity contribution is 5.89. The number of carbonyl (C=O) groups excluding carboxylic acids is 2. The predicted molar refractivity (Wildman–Crippen MR) is 133 cm³/mol. The fourth-order valence-electron chi connectivity index (χ4n) is 4.61. The zero-order valence-corrected chi connectivity index (χ0v) is 20.2. The Morgan fingerprint density at radius 1 is 1.14 bits per heavy atom. The average molecular weight is 488 g/mol. The zero-order valence-electron chi connectivity index (χ0n) is 20.2. The summed E-state index contributed by atoms with van der Waals surface area (Å²) < 4.78 is 12.8. The summed E-state index contributed by atoms with van der Waals surface area (Å²) in [6.45, 7) is 3.11. The number of carbonyl (C=O) groups is 2. The van der Waals surface area contributed by atoms with Crippen molar-refractivity contribution in [2.24, 2.45) is 0 Å². The molecule has 0 saturated carbocycles. The first-order chi connectivity index (χ1) is 17.6. The van der Waals surface area contributed by atoms with E-state index in [1.165, 1.54) is 0 Å². The number of rotatable bonds is 9. The van der Waals surface area contributed by atoms with Crippen molar-refractivity contribution < 1.29 is 18.7 Å². The SMILES string of the molecule is Cc1ccccc1[C@H](C(=O)NC[C@H]1CCCO1)N(Cc1ccco1)C(=O)Cn1nnc2ccccc21. The molecule has 0 unspecified atom stereocenters. The second kappa shape index (κ2) is 10.7. The van der Waals surface area contributed by atoms with Gasteiger partial charge in [0, 0.05) is 13.2 Å². The first-order valence-corrected chi connectivity index (χ1v) is 12.1. The Kier molecular flexibility index (Phi) is 7.08. The van der Waals surface area contributed by atoms with E-state index < -0.39 is 6.04 Å². The molecule has 2 atom stereocenters. The van der Waals surface area contributed by atoms with Crippen LogP contribution in [0.4, 0.5) is 0 Å². The van der Waals surface area contributed by atoms with Crippen molar-refractivity contribution in [2.45, 2.75) is 45.0 Å². The Bertz CT molecular complexity index is 1330. The molecule has 5 rings (SSSR count). The lowest BCUT2D eigenvalue weighted by Crippen LogP contribution is -2.46. The summed E-state index contributed by atoms with van der Waals surface area (Å²) >= 11 is 0. The number of furan rings is 1. The van der Waals surface area contributed by atoms with Gasteiger partial charge in [-0.15, -0.1) is 5.10 Å². The van der Waals surface area contributed by atoms with Crippen LogP contribution in [0.3, 0.4) is 0 Å². The van der Waals surface area contributed by atoms with Crippen LogP contribution in [0, 0.1) is 6.92 Å². The lowest BCUT2D eigenvalue weighted by atomic mass is 9.98. The second-order valence-corrected chi connectivity index (χ2v) is 8.98. The average Bonchev–Trinajstić information content (AvgIpc) is 3.67. The number of amides is 2. The van der Waals surface area contributed by atoms with Gasteiger partial charge in [-0.1, -0.05) is 41.6 Å². The van der Waals surface area contributed by atoms with Gasteiger partial charge in [-0.2, -0.15) is 0 Å². The number of fused-ring (bicyclic) bond motifs is 1. The fourth-order valence-corrected chi connectivity index (χ4v) is 4.61. The van der Waals surface area contributed by atoms with E-state index in [-0.39, 0.29) is 31.0 Å². The van der Waals surface area contributed by atoms with Crippen LogP contribution in [0.5, 0.6) is 0 Å². The van der Waals surface area contributed by atoms with Gasteiger partial charge in [-0.3, -0.25) is 9.59 Å². The van der Waals surface area contributed by atoms with Crippen LogP contribution >= 0.6 is 0 Å². The summed E-state index contributed by atoms with van der Waals surface area (Å²) in [5, 5.41) is 11.4.